The summed E-state index contributed by atoms with van der Waals surface area (Å²) in [6.07, 6.45) is 0.782. The number of rotatable bonds is 11. The van der Waals surface area contributed by atoms with Crippen LogP contribution in [0.15, 0.2) is 95.5 Å². The Morgan fingerprint density at radius 2 is 1.32 bits per heavy atom. The molecule has 4 aromatic rings. The highest BCUT2D eigenvalue weighted by Crippen LogP contribution is 2.34. The second-order valence-electron chi connectivity index (χ2n) is 9.18. The largest absolute Gasteiger partial charge is 0.497 e. The normalized spacial score (nSPS) is 11.3. The lowest BCUT2D eigenvalue weighted by atomic mass is 10.0. The molecule has 0 aliphatic rings. The molecule has 0 N–H and O–H groups in total. The lowest BCUT2D eigenvalue weighted by molar-refractivity contribution is 0.231. The molecule has 40 heavy (non-hydrogen) atoms. The van der Waals surface area contributed by atoms with Crippen LogP contribution in [0.5, 0.6) is 23.0 Å². The molecule has 0 saturated heterocycles. The summed E-state index contributed by atoms with van der Waals surface area (Å²) in [6.45, 7) is 1.47. The standard InChI is InChI=1S/C34H34BrNO4/c1-37-29-15-10-25(11-16-29)14-19-32(27-8-6-5-7-9-27)36(24-26-12-17-30(38-2)18-13-26)21-20-28-22-33(39-3)34(40-4)23-31(28)35/h5-13,15-18,22-23,32H,20-21,24H2,1-4H3. The lowest BCUT2D eigenvalue weighted by Crippen LogP contribution is -2.30. The quantitative estimate of drug-likeness (QED) is 0.169. The molecule has 1 unspecified atom stereocenters. The Labute approximate surface area is 245 Å². The number of ether oxygens (including phenoxy) is 4. The maximum Gasteiger partial charge on any atom is 0.161 e. The summed E-state index contributed by atoms with van der Waals surface area (Å²) in [5.41, 5.74) is 4.39. The van der Waals surface area contributed by atoms with E-state index in [2.05, 4.69) is 69.1 Å². The van der Waals surface area contributed by atoms with Crippen LogP contribution < -0.4 is 18.9 Å². The fraction of sp³-hybridized carbons (Fsp3) is 0.235. The van der Waals surface area contributed by atoms with E-state index in [1.807, 2.05) is 54.6 Å². The van der Waals surface area contributed by atoms with E-state index in [0.29, 0.717) is 18.0 Å². The molecular formula is C34H34BrNO4. The van der Waals surface area contributed by atoms with E-state index in [1.165, 1.54) is 5.56 Å². The molecule has 5 nitrogen and oxygen atoms in total. The summed E-state index contributed by atoms with van der Waals surface area (Å²) in [7, 11) is 6.65. The second-order valence-corrected chi connectivity index (χ2v) is 10.0. The van der Waals surface area contributed by atoms with Crippen LogP contribution in [0.2, 0.25) is 0 Å². The minimum absolute atomic E-state index is 0.135. The minimum Gasteiger partial charge on any atom is -0.497 e. The molecule has 0 amide bonds. The SMILES string of the molecule is COc1ccc(C#CC(c2ccccc2)N(CCc2cc(OC)c(OC)cc2Br)Cc2ccc(OC)cc2)cc1. The maximum absolute atomic E-state index is 5.57. The third-order valence-corrected chi connectivity index (χ3v) is 7.43. The van der Waals surface area contributed by atoms with Gasteiger partial charge in [0.15, 0.2) is 11.5 Å². The van der Waals surface area contributed by atoms with Gasteiger partial charge in [0.25, 0.3) is 0 Å². The van der Waals surface area contributed by atoms with Gasteiger partial charge in [-0.05, 0) is 71.6 Å². The average Bonchev–Trinajstić information content (AvgIpc) is 3.01. The van der Waals surface area contributed by atoms with Gasteiger partial charge in [-0.25, -0.2) is 0 Å². The Kier molecular flexibility index (Phi) is 10.5. The van der Waals surface area contributed by atoms with Crippen LogP contribution in [-0.2, 0) is 13.0 Å². The number of benzene rings is 4. The van der Waals surface area contributed by atoms with Crippen LogP contribution in [0.3, 0.4) is 0 Å². The Bertz CT molecular complexity index is 1430. The summed E-state index contributed by atoms with van der Waals surface area (Å²) >= 11 is 3.73. The average molecular weight is 601 g/mol. The second kappa shape index (κ2) is 14.5. The van der Waals surface area contributed by atoms with Crippen molar-refractivity contribution in [1.82, 2.24) is 4.90 Å². The van der Waals surface area contributed by atoms with E-state index < -0.39 is 0 Å². The van der Waals surface area contributed by atoms with Gasteiger partial charge in [0, 0.05) is 23.1 Å². The fourth-order valence-corrected chi connectivity index (χ4v) is 4.98. The van der Waals surface area contributed by atoms with E-state index in [9.17, 15) is 0 Å². The third kappa shape index (κ3) is 7.59. The van der Waals surface area contributed by atoms with Gasteiger partial charge in [-0.15, -0.1) is 0 Å². The third-order valence-electron chi connectivity index (χ3n) is 6.69. The van der Waals surface area contributed by atoms with Crippen LogP contribution in [0.25, 0.3) is 0 Å². The van der Waals surface area contributed by atoms with Gasteiger partial charge in [0.1, 0.15) is 11.5 Å². The van der Waals surface area contributed by atoms with E-state index in [-0.39, 0.29) is 6.04 Å². The van der Waals surface area contributed by atoms with Crippen LogP contribution in [0.4, 0.5) is 0 Å². The topological polar surface area (TPSA) is 40.2 Å². The molecule has 6 heteroatoms. The highest BCUT2D eigenvalue weighted by molar-refractivity contribution is 9.10. The van der Waals surface area contributed by atoms with Crippen molar-refractivity contribution in [3.05, 3.63) is 118 Å². The van der Waals surface area contributed by atoms with E-state index in [0.717, 1.165) is 45.6 Å². The first-order chi connectivity index (χ1) is 19.5. The molecule has 0 aliphatic heterocycles. The Hall–Kier alpha value is -3.92. The van der Waals surface area contributed by atoms with Gasteiger partial charge in [-0.3, -0.25) is 4.90 Å². The molecule has 0 aromatic heterocycles. The molecule has 0 radical (unpaired) electrons. The predicted molar refractivity (Wildman–Crippen MR) is 163 cm³/mol. The van der Waals surface area contributed by atoms with Gasteiger partial charge >= 0.3 is 0 Å². The molecule has 0 heterocycles. The van der Waals surface area contributed by atoms with Gasteiger partial charge < -0.3 is 18.9 Å². The fourth-order valence-electron chi connectivity index (χ4n) is 4.46. The number of nitrogens with zero attached hydrogens (tertiary/aromatic N) is 1. The molecule has 0 fully saturated rings. The molecule has 0 spiro atoms. The van der Waals surface area contributed by atoms with Crippen molar-refractivity contribution in [3.8, 4) is 34.8 Å². The van der Waals surface area contributed by atoms with Crippen LogP contribution in [-0.4, -0.2) is 39.9 Å². The molecular weight excluding hydrogens is 566 g/mol. The lowest BCUT2D eigenvalue weighted by Gasteiger charge is -2.29. The predicted octanol–water partition coefficient (Wildman–Crippen LogP) is 7.32. The summed E-state index contributed by atoms with van der Waals surface area (Å²) < 4.78 is 22.7. The van der Waals surface area contributed by atoms with Crippen LogP contribution in [0, 0.1) is 11.8 Å². The molecule has 0 saturated carbocycles. The Morgan fingerprint density at radius 3 is 1.93 bits per heavy atom. The smallest absolute Gasteiger partial charge is 0.161 e. The highest BCUT2D eigenvalue weighted by Gasteiger charge is 2.20. The summed E-state index contributed by atoms with van der Waals surface area (Å²) in [4.78, 5) is 2.41. The molecule has 206 valence electrons. The minimum atomic E-state index is -0.135. The molecule has 4 rings (SSSR count). The van der Waals surface area contributed by atoms with Crippen molar-refractivity contribution in [2.75, 3.05) is 35.0 Å². The summed E-state index contributed by atoms with van der Waals surface area (Å²) in [5, 5.41) is 0. The van der Waals surface area contributed by atoms with E-state index >= 15 is 0 Å². The number of halogens is 1. The van der Waals surface area contributed by atoms with Gasteiger partial charge in [0.05, 0.1) is 34.5 Å². The molecule has 4 aromatic carbocycles. The van der Waals surface area contributed by atoms with Gasteiger partial charge in [0.2, 0.25) is 0 Å². The Balaban J connectivity index is 1.70. The first-order valence-electron chi connectivity index (χ1n) is 13.0. The first-order valence-corrected chi connectivity index (χ1v) is 13.8. The van der Waals surface area contributed by atoms with E-state index in [4.69, 9.17) is 18.9 Å². The van der Waals surface area contributed by atoms with Gasteiger partial charge in [-0.2, -0.15) is 0 Å². The summed E-state index contributed by atoms with van der Waals surface area (Å²) in [5.74, 6) is 10.0. The van der Waals surface area contributed by atoms with Crippen LogP contribution >= 0.6 is 15.9 Å². The first kappa shape index (κ1) is 29.1. The van der Waals surface area contributed by atoms with Gasteiger partial charge in [-0.1, -0.05) is 70.2 Å². The van der Waals surface area contributed by atoms with Crippen LogP contribution in [0.1, 0.15) is 28.3 Å². The molecule has 0 bridgehead atoms. The van der Waals surface area contributed by atoms with Crippen molar-refractivity contribution < 1.29 is 18.9 Å². The zero-order chi connectivity index (χ0) is 28.3. The Morgan fingerprint density at radius 1 is 0.725 bits per heavy atom. The monoisotopic (exact) mass is 599 g/mol. The van der Waals surface area contributed by atoms with E-state index in [1.54, 1.807) is 28.4 Å². The zero-order valence-electron chi connectivity index (χ0n) is 23.3. The molecule has 1 atom stereocenters. The van der Waals surface area contributed by atoms with Crippen molar-refractivity contribution >= 4 is 15.9 Å². The number of methoxy groups -OCH3 is 4. The number of hydrogen-bond donors (Lipinski definition) is 0. The van der Waals surface area contributed by atoms with Crippen molar-refractivity contribution in [2.24, 2.45) is 0 Å². The zero-order valence-corrected chi connectivity index (χ0v) is 24.9. The van der Waals surface area contributed by atoms with Crippen molar-refractivity contribution in [3.63, 3.8) is 0 Å². The maximum atomic E-state index is 5.57. The highest BCUT2D eigenvalue weighted by atomic mass is 79.9. The number of hydrogen-bond acceptors (Lipinski definition) is 5. The van der Waals surface area contributed by atoms with Crippen molar-refractivity contribution in [1.29, 1.82) is 0 Å². The van der Waals surface area contributed by atoms with Crippen molar-refractivity contribution in [2.45, 2.75) is 19.0 Å². The summed E-state index contributed by atoms with van der Waals surface area (Å²) in [6, 6.07) is 30.4. The molecule has 0 aliphatic carbocycles.